The highest BCUT2D eigenvalue weighted by Crippen LogP contribution is 2.21. The number of likely N-dealkylation sites (N-methyl/N-ethyl adjacent to an activating group) is 1. The minimum Gasteiger partial charge on any atom is -0.302 e. The average Bonchev–Trinajstić information content (AvgIpc) is 2.20. The molecule has 1 heteroatoms. The van der Waals surface area contributed by atoms with Crippen molar-refractivity contribution in [3.05, 3.63) is 11.1 Å². The van der Waals surface area contributed by atoms with Crippen LogP contribution < -0.4 is 0 Å². The first-order valence-electron chi connectivity index (χ1n) is 5.66. The SMILES string of the molecule is CC.CCC1=C(CC)CN(C)CC1. The van der Waals surface area contributed by atoms with E-state index >= 15 is 0 Å². The second-order valence-electron chi connectivity index (χ2n) is 3.40. The third-order valence-corrected chi connectivity index (χ3v) is 2.61. The van der Waals surface area contributed by atoms with Gasteiger partial charge in [-0.2, -0.15) is 0 Å². The zero-order valence-electron chi connectivity index (χ0n) is 9.98. The van der Waals surface area contributed by atoms with Crippen molar-refractivity contribution < 1.29 is 0 Å². The number of rotatable bonds is 2. The Kier molecular flexibility index (Phi) is 6.97. The molecule has 1 nitrogen and oxygen atoms in total. The van der Waals surface area contributed by atoms with Crippen molar-refractivity contribution in [1.29, 1.82) is 0 Å². The van der Waals surface area contributed by atoms with E-state index in [1.807, 2.05) is 13.8 Å². The van der Waals surface area contributed by atoms with E-state index in [4.69, 9.17) is 0 Å². The molecule has 0 spiro atoms. The molecular formula is C12H25N. The molecule has 0 aromatic heterocycles. The van der Waals surface area contributed by atoms with Gasteiger partial charge in [-0.15, -0.1) is 0 Å². The summed E-state index contributed by atoms with van der Waals surface area (Å²) in [7, 11) is 2.21. The summed E-state index contributed by atoms with van der Waals surface area (Å²) in [5.41, 5.74) is 3.40. The molecule has 1 heterocycles. The number of hydrogen-bond donors (Lipinski definition) is 0. The molecule has 0 fully saturated rings. The molecule has 13 heavy (non-hydrogen) atoms. The van der Waals surface area contributed by atoms with Crippen LogP contribution in [0.15, 0.2) is 11.1 Å². The summed E-state index contributed by atoms with van der Waals surface area (Å²) >= 11 is 0. The van der Waals surface area contributed by atoms with Gasteiger partial charge in [-0.05, 0) is 26.3 Å². The fraction of sp³-hybridized carbons (Fsp3) is 0.833. The van der Waals surface area contributed by atoms with Gasteiger partial charge >= 0.3 is 0 Å². The van der Waals surface area contributed by atoms with E-state index < -0.39 is 0 Å². The van der Waals surface area contributed by atoms with Crippen LogP contribution in [0.25, 0.3) is 0 Å². The molecular weight excluding hydrogens is 158 g/mol. The van der Waals surface area contributed by atoms with Crippen molar-refractivity contribution in [2.24, 2.45) is 0 Å². The van der Waals surface area contributed by atoms with Crippen LogP contribution in [0.1, 0.15) is 47.0 Å². The van der Waals surface area contributed by atoms with Gasteiger partial charge in [0.05, 0.1) is 0 Å². The second-order valence-corrected chi connectivity index (χ2v) is 3.40. The van der Waals surface area contributed by atoms with Crippen LogP contribution in [-0.4, -0.2) is 25.0 Å². The van der Waals surface area contributed by atoms with E-state index in [1.54, 1.807) is 11.1 Å². The van der Waals surface area contributed by atoms with Crippen LogP contribution >= 0.6 is 0 Å². The van der Waals surface area contributed by atoms with E-state index in [0.717, 1.165) is 0 Å². The monoisotopic (exact) mass is 183 g/mol. The van der Waals surface area contributed by atoms with E-state index in [0.29, 0.717) is 0 Å². The Balaban J connectivity index is 0.000000671. The van der Waals surface area contributed by atoms with Gasteiger partial charge in [-0.3, -0.25) is 0 Å². The predicted octanol–water partition coefficient (Wildman–Crippen LogP) is 3.46. The minimum atomic E-state index is 1.21. The highest BCUT2D eigenvalue weighted by molar-refractivity contribution is 5.18. The lowest BCUT2D eigenvalue weighted by atomic mass is 9.96. The highest BCUT2D eigenvalue weighted by Gasteiger charge is 2.12. The first-order chi connectivity index (χ1) is 6.27. The fourth-order valence-corrected chi connectivity index (χ4v) is 1.81. The van der Waals surface area contributed by atoms with Crippen LogP contribution in [0, 0.1) is 0 Å². The molecule has 0 aromatic carbocycles. The molecule has 0 unspecified atom stereocenters. The van der Waals surface area contributed by atoms with E-state index in [9.17, 15) is 0 Å². The maximum atomic E-state index is 2.41. The molecule has 0 amide bonds. The number of nitrogens with zero attached hydrogens (tertiary/aromatic N) is 1. The van der Waals surface area contributed by atoms with Crippen LogP contribution in [0.2, 0.25) is 0 Å². The first kappa shape index (κ1) is 12.7. The topological polar surface area (TPSA) is 3.24 Å². The van der Waals surface area contributed by atoms with Crippen molar-refractivity contribution in [1.82, 2.24) is 4.90 Å². The maximum absolute atomic E-state index is 2.41. The molecule has 0 bridgehead atoms. The van der Waals surface area contributed by atoms with E-state index in [2.05, 4.69) is 25.8 Å². The molecule has 0 N–H and O–H groups in total. The van der Waals surface area contributed by atoms with Gasteiger partial charge < -0.3 is 4.90 Å². The van der Waals surface area contributed by atoms with Gasteiger partial charge in [0.15, 0.2) is 0 Å². The third-order valence-electron chi connectivity index (χ3n) is 2.61. The Bertz CT molecular complexity index is 159. The van der Waals surface area contributed by atoms with Gasteiger partial charge in [-0.1, -0.05) is 38.8 Å². The molecule has 1 aliphatic rings. The normalized spacial score (nSPS) is 18.2. The van der Waals surface area contributed by atoms with Crippen molar-refractivity contribution in [3.63, 3.8) is 0 Å². The Morgan fingerprint density at radius 1 is 1.08 bits per heavy atom. The lowest BCUT2D eigenvalue weighted by Crippen LogP contribution is -2.27. The molecule has 0 saturated heterocycles. The van der Waals surface area contributed by atoms with Gasteiger partial charge in [0.2, 0.25) is 0 Å². The molecule has 1 rings (SSSR count). The van der Waals surface area contributed by atoms with Gasteiger partial charge in [0.1, 0.15) is 0 Å². The summed E-state index contributed by atoms with van der Waals surface area (Å²) in [6.07, 6.45) is 3.81. The molecule has 0 radical (unpaired) electrons. The van der Waals surface area contributed by atoms with Crippen LogP contribution in [0.4, 0.5) is 0 Å². The fourth-order valence-electron chi connectivity index (χ4n) is 1.81. The summed E-state index contributed by atoms with van der Waals surface area (Å²) in [6.45, 7) is 11.0. The smallest absolute Gasteiger partial charge is 0.0192 e. The van der Waals surface area contributed by atoms with Gasteiger partial charge in [0, 0.05) is 13.1 Å². The Labute approximate surface area is 83.8 Å². The lowest BCUT2D eigenvalue weighted by Gasteiger charge is -2.26. The van der Waals surface area contributed by atoms with Crippen molar-refractivity contribution >= 4 is 0 Å². The zero-order chi connectivity index (χ0) is 10.3. The molecule has 78 valence electrons. The quantitative estimate of drug-likeness (QED) is 0.593. The van der Waals surface area contributed by atoms with Crippen molar-refractivity contribution in [2.75, 3.05) is 20.1 Å². The summed E-state index contributed by atoms with van der Waals surface area (Å²) in [5.74, 6) is 0. The molecule has 0 atom stereocenters. The molecule has 0 saturated carbocycles. The zero-order valence-corrected chi connectivity index (χ0v) is 9.98. The predicted molar refractivity (Wildman–Crippen MR) is 61.1 cm³/mol. The molecule has 0 aliphatic carbocycles. The van der Waals surface area contributed by atoms with Crippen molar-refractivity contribution in [2.45, 2.75) is 47.0 Å². The first-order valence-corrected chi connectivity index (χ1v) is 5.66. The van der Waals surface area contributed by atoms with E-state index in [1.165, 1.54) is 32.4 Å². The average molecular weight is 183 g/mol. The Morgan fingerprint density at radius 2 is 1.62 bits per heavy atom. The van der Waals surface area contributed by atoms with E-state index in [-0.39, 0.29) is 0 Å². The standard InChI is InChI=1S/C10H19N.C2H6/c1-4-9-6-7-11(3)8-10(9)5-2;1-2/h4-8H2,1-3H3;1-2H3. The van der Waals surface area contributed by atoms with Crippen LogP contribution in [0.3, 0.4) is 0 Å². The minimum absolute atomic E-state index is 1.21. The maximum Gasteiger partial charge on any atom is 0.0192 e. The summed E-state index contributed by atoms with van der Waals surface area (Å²) in [4.78, 5) is 2.41. The number of hydrogen-bond acceptors (Lipinski definition) is 1. The summed E-state index contributed by atoms with van der Waals surface area (Å²) in [5, 5.41) is 0. The Morgan fingerprint density at radius 3 is 2.08 bits per heavy atom. The summed E-state index contributed by atoms with van der Waals surface area (Å²) < 4.78 is 0. The van der Waals surface area contributed by atoms with Gasteiger partial charge in [0.25, 0.3) is 0 Å². The van der Waals surface area contributed by atoms with Crippen molar-refractivity contribution in [3.8, 4) is 0 Å². The lowest BCUT2D eigenvalue weighted by molar-refractivity contribution is 0.341. The summed E-state index contributed by atoms with van der Waals surface area (Å²) in [6, 6.07) is 0. The third kappa shape index (κ3) is 3.95. The van der Waals surface area contributed by atoms with Gasteiger partial charge in [-0.25, -0.2) is 0 Å². The Hall–Kier alpha value is -0.300. The largest absolute Gasteiger partial charge is 0.302 e. The highest BCUT2D eigenvalue weighted by atomic mass is 15.1. The molecule has 1 aliphatic heterocycles. The van der Waals surface area contributed by atoms with Crippen LogP contribution in [0.5, 0.6) is 0 Å². The van der Waals surface area contributed by atoms with Crippen LogP contribution in [-0.2, 0) is 0 Å². The second kappa shape index (κ2) is 7.14. The molecule has 0 aromatic rings.